The second-order valence-corrected chi connectivity index (χ2v) is 8.41. The fourth-order valence-corrected chi connectivity index (χ4v) is 4.72. The average Bonchev–Trinajstić information content (AvgIpc) is 2.76. The van der Waals surface area contributed by atoms with Crippen LogP contribution < -0.4 is 10.5 Å². The maximum Gasteiger partial charge on any atom is 0.271 e. The first-order valence-corrected chi connectivity index (χ1v) is 8.62. The quantitative estimate of drug-likeness (QED) is 0.877. The van der Waals surface area contributed by atoms with Crippen molar-refractivity contribution < 1.29 is 8.42 Å². The Balaban J connectivity index is 2.36. The van der Waals surface area contributed by atoms with Crippen molar-refractivity contribution >= 4 is 43.0 Å². The van der Waals surface area contributed by atoms with Gasteiger partial charge in [0.25, 0.3) is 10.0 Å². The summed E-state index contributed by atoms with van der Waals surface area (Å²) in [5.41, 5.74) is 7.12. The standard InChI is InChI=1S/C12H13BrN2O2S2/c1-8(14)9-4-2-3-5-10(9)15-19(16,17)12-7-6-11(13)18-12/h2-8,15H,14H2,1H3. The molecular formula is C12H13BrN2O2S2. The summed E-state index contributed by atoms with van der Waals surface area (Å²) in [7, 11) is -3.57. The number of thiophene rings is 1. The highest BCUT2D eigenvalue weighted by Gasteiger charge is 2.18. The Morgan fingerprint density at radius 2 is 1.95 bits per heavy atom. The number of sulfonamides is 1. The van der Waals surface area contributed by atoms with Crippen LogP contribution in [-0.4, -0.2) is 8.42 Å². The third kappa shape index (κ3) is 3.36. The summed E-state index contributed by atoms with van der Waals surface area (Å²) in [6.07, 6.45) is 0. The van der Waals surface area contributed by atoms with E-state index in [0.717, 1.165) is 20.7 Å². The molecule has 2 aromatic rings. The molecule has 0 aliphatic carbocycles. The van der Waals surface area contributed by atoms with Crippen molar-refractivity contribution in [2.45, 2.75) is 17.2 Å². The van der Waals surface area contributed by atoms with Crippen LogP contribution in [0.15, 0.2) is 44.4 Å². The van der Waals surface area contributed by atoms with E-state index in [-0.39, 0.29) is 10.3 Å². The number of benzene rings is 1. The van der Waals surface area contributed by atoms with Gasteiger partial charge in [-0.2, -0.15) is 0 Å². The van der Waals surface area contributed by atoms with E-state index in [1.54, 1.807) is 24.3 Å². The van der Waals surface area contributed by atoms with E-state index in [1.807, 2.05) is 19.1 Å². The lowest BCUT2D eigenvalue weighted by Crippen LogP contribution is -2.15. The van der Waals surface area contributed by atoms with Crippen LogP contribution in [0, 0.1) is 0 Å². The van der Waals surface area contributed by atoms with Crippen molar-refractivity contribution in [3.63, 3.8) is 0 Å². The van der Waals surface area contributed by atoms with E-state index in [4.69, 9.17) is 5.73 Å². The Morgan fingerprint density at radius 3 is 2.53 bits per heavy atom. The molecule has 1 aromatic heterocycles. The Kier molecular flexibility index (Phi) is 4.29. The molecule has 0 spiro atoms. The van der Waals surface area contributed by atoms with Gasteiger partial charge in [0.15, 0.2) is 0 Å². The van der Waals surface area contributed by atoms with Gasteiger partial charge in [0.2, 0.25) is 0 Å². The fraction of sp³-hybridized carbons (Fsp3) is 0.167. The Hall–Kier alpha value is -0.890. The number of hydrogen-bond acceptors (Lipinski definition) is 4. The highest BCUT2D eigenvalue weighted by molar-refractivity contribution is 9.11. The van der Waals surface area contributed by atoms with Gasteiger partial charge in [-0.05, 0) is 46.6 Å². The molecule has 0 fully saturated rings. The number of rotatable bonds is 4. The van der Waals surface area contributed by atoms with Gasteiger partial charge in [-0.3, -0.25) is 4.72 Å². The molecule has 0 saturated heterocycles. The number of hydrogen-bond donors (Lipinski definition) is 2. The van der Waals surface area contributed by atoms with Gasteiger partial charge in [0.05, 0.1) is 9.47 Å². The molecule has 0 aliphatic rings. The first kappa shape index (κ1) is 14.5. The minimum absolute atomic E-state index is 0.242. The van der Waals surface area contributed by atoms with Gasteiger partial charge in [-0.1, -0.05) is 18.2 Å². The van der Waals surface area contributed by atoms with E-state index in [1.165, 1.54) is 0 Å². The number of para-hydroxylation sites is 1. The lowest BCUT2D eigenvalue weighted by atomic mass is 10.1. The van der Waals surface area contributed by atoms with Gasteiger partial charge in [-0.15, -0.1) is 11.3 Å². The van der Waals surface area contributed by atoms with E-state index >= 15 is 0 Å². The second kappa shape index (κ2) is 5.62. The third-order valence-electron chi connectivity index (χ3n) is 2.51. The average molecular weight is 361 g/mol. The SMILES string of the molecule is CC(N)c1ccccc1NS(=O)(=O)c1ccc(Br)s1. The Morgan fingerprint density at radius 1 is 1.26 bits per heavy atom. The summed E-state index contributed by atoms with van der Waals surface area (Å²) in [6, 6.07) is 10.1. The number of nitrogens with one attached hydrogen (secondary N) is 1. The molecule has 0 aliphatic heterocycles. The van der Waals surface area contributed by atoms with E-state index in [2.05, 4.69) is 20.7 Å². The van der Waals surface area contributed by atoms with Crippen LogP contribution in [0.1, 0.15) is 18.5 Å². The van der Waals surface area contributed by atoms with Gasteiger partial charge in [-0.25, -0.2) is 8.42 Å². The number of nitrogens with two attached hydrogens (primary N) is 1. The van der Waals surface area contributed by atoms with Crippen LogP contribution in [0.3, 0.4) is 0 Å². The second-order valence-electron chi connectivity index (χ2n) is 4.04. The highest BCUT2D eigenvalue weighted by Crippen LogP contribution is 2.29. The van der Waals surface area contributed by atoms with Crippen LogP contribution in [0.4, 0.5) is 5.69 Å². The normalized spacial score (nSPS) is 13.2. The van der Waals surface area contributed by atoms with Crippen LogP contribution in [0.2, 0.25) is 0 Å². The molecule has 3 N–H and O–H groups in total. The van der Waals surface area contributed by atoms with Gasteiger partial charge in [0.1, 0.15) is 4.21 Å². The third-order valence-corrected chi connectivity index (χ3v) is 5.99. The van der Waals surface area contributed by atoms with Gasteiger partial charge in [0, 0.05) is 6.04 Å². The molecule has 0 saturated carbocycles. The fourth-order valence-electron chi connectivity index (χ4n) is 1.62. The molecule has 1 atom stereocenters. The monoisotopic (exact) mass is 360 g/mol. The van der Waals surface area contributed by atoms with Gasteiger partial charge < -0.3 is 5.73 Å². The minimum atomic E-state index is -3.57. The van der Waals surface area contributed by atoms with Crippen LogP contribution in [0.25, 0.3) is 0 Å². The maximum atomic E-state index is 12.2. The largest absolute Gasteiger partial charge is 0.324 e. The van der Waals surface area contributed by atoms with Crippen LogP contribution in [-0.2, 0) is 10.0 Å². The smallest absolute Gasteiger partial charge is 0.271 e. The molecule has 2 rings (SSSR count). The summed E-state index contributed by atoms with van der Waals surface area (Å²) in [5.74, 6) is 0. The molecule has 1 aromatic carbocycles. The van der Waals surface area contributed by atoms with Crippen molar-refractivity contribution in [2.75, 3.05) is 4.72 Å². The zero-order chi connectivity index (χ0) is 14.0. The van der Waals surface area contributed by atoms with Crippen molar-refractivity contribution in [1.29, 1.82) is 0 Å². The molecule has 1 unspecified atom stereocenters. The predicted octanol–water partition coefficient (Wildman–Crippen LogP) is 3.33. The highest BCUT2D eigenvalue weighted by atomic mass is 79.9. The summed E-state index contributed by atoms with van der Waals surface area (Å²) in [4.78, 5) is 0. The molecule has 7 heteroatoms. The van der Waals surface area contributed by atoms with E-state index in [9.17, 15) is 8.42 Å². The topological polar surface area (TPSA) is 72.2 Å². The summed E-state index contributed by atoms with van der Waals surface area (Å²) in [6.45, 7) is 1.81. The predicted molar refractivity (Wildman–Crippen MR) is 81.9 cm³/mol. The van der Waals surface area contributed by atoms with E-state index < -0.39 is 10.0 Å². The molecule has 19 heavy (non-hydrogen) atoms. The lowest BCUT2D eigenvalue weighted by molar-refractivity contribution is 0.603. The lowest BCUT2D eigenvalue weighted by Gasteiger charge is -2.13. The molecule has 0 bridgehead atoms. The zero-order valence-corrected chi connectivity index (χ0v) is 13.3. The molecular weight excluding hydrogens is 348 g/mol. The Bertz CT molecular complexity index is 681. The first-order valence-electron chi connectivity index (χ1n) is 5.53. The van der Waals surface area contributed by atoms with E-state index in [0.29, 0.717) is 5.69 Å². The summed E-state index contributed by atoms with van der Waals surface area (Å²) >= 11 is 4.42. The summed E-state index contributed by atoms with van der Waals surface area (Å²) in [5, 5.41) is 0. The molecule has 1 heterocycles. The van der Waals surface area contributed by atoms with Crippen molar-refractivity contribution in [1.82, 2.24) is 0 Å². The zero-order valence-electron chi connectivity index (χ0n) is 10.1. The minimum Gasteiger partial charge on any atom is -0.324 e. The molecule has 0 radical (unpaired) electrons. The molecule has 4 nitrogen and oxygen atoms in total. The molecule has 102 valence electrons. The maximum absolute atomic E-state index is 12.2. The van der Waals surface area contributed by atoms with Crippen molar-refractivity contribution in [2.24, 2.45) is 5.73 Å². The van der Waals surface area contributed by atoms with Crippen molar-refractivity contribution in [3.8, 4) is 0 Å². The van der Waals surface area contributed by atoms with Crippen LogP contribution >= 0.6 is 27.3 Å². The number of anilines is 1. The van der Waals surface area contributed by atoms with Gasteiger partial charge >= 0.3 is 0 Å². The van der Waals surface area contributed by atoms with Crippen LogP contribution in [0.5, 0.6) is 0 Å². The summed E-state index contributed by atoms with van der Waals surface area (Å²) < 4.78 is 28.1. The first-order chi connectivity index (χ1) is 8.90. The molecule has 0 amide bonds. The Labute approximate surface area is 124 Å². The van der Waals surface area contributed by atoms with Crippen molar-refractivity contribution in [3.05, 3.63) is 45.7 Å². The number of halogens is 1.